The molecule has 0 aliphatic rings. The molecule has 1 atom stereocenters. The number of nitrogens with two attached hydrogens (primary N) is 2. The summed E-state index contributed by atoms with van der Waals surface area (Å²) in [6.07, 6.45) is -2.12. The van der Waals surface area contributed by atoms with E-state index in [9.17, 15) is 9.59 Å². The van der Waals surface area contributed by atoms with Crippen LogP contribution in [0.25, 0.3) is 0 Å². The van der Waals surface area contributed by atoms with Crippen LogP contribution >= 0.6 is 0 Å². The monoisotopic (exact) mass is 216 g/mol. The van der Waals surface area contributed by atoms with E-state index in [1.807, 2.05) is 0 Å². The van der Waals surface area contributed by atoms with Crippen molar-refractivity contribution in [3.05, 3.63) is 0 Å². The van der Waals surface area contributed by atoms with E-state index in [0.717, 1.165) is 0 Å². The summed E-state index contributed by atoms with van der Waals surface area (Å²) in [6.45, 7) is 0. The van der Waals surface area contributed by atoms with Gasteiger partial charge in [0.15, 0.2) is 0 Å². The van der Waals surface area contributed by atoms with Crippen molar-refractivity contribution in [1.82, 2.24) is 0 Å². The molecule has 0 bridgehead atoms. The molecule has 0 radical (unpaired) electrons. The summed E-state index contributed by atoms with van der Waals surface area (Å²) in [5.74, 6) is -2.50. The van der Waals surface area contributed by atoms with E-state index in [0.29, 0.717) is 0 Å². The van der Waals surface area contributed by atoms with Crippen LogP contribution in [-0.4, -0.2) is 34.3 Å². The fraction of sp³-hybridized carbons (Fsp3) is 0.400. The van der Waals surface area contributed by atoms with Crippen LogP contribution in [-0.2, 0) is 9.59 Å². The zero-order chi connectivity index (χ0) is 11.0. The van der Waals surface area contributed by atoms with Crippen LogP contribution in [0.2, 0.25) is 0 Å². The number of aliphatic carboxylic acids is 2. The molecular formula is C5H9N2NaO6. The minimum atomic E-state index is -1.58. The number of carbonyl (C=O) groups excluding carboxylic acids is 1. The molecule has 76 valence electrons. The van der Waals surface area contributed by atoms with E-state index in [-0.39, 0.29) is 29.6 Å². The smallest absolute Gasteiger partial charge is 0.530 e. The van der Waals surface area contributed by atoms with Gasteiger partial charge in [-0.05, 0) is 0 Å². The molecule has 0 unspecified atom stereocenters. The zero-order valence-electron chi connectivity index (χ0n) is 7.47. The third-order valence-corrected chi connectivity index (χ3v) is 0.712. The maximum Gasteiger partial charge on any atom is 1.00 e. The third-order valence-electron chi connectivity index (χ3n) is 0.712. The maximum atomic E-state index is 9.85. The topological polar surface area (TPSA) is 167 Å². The zero-order valence-corrected chi connectivity index (χ0v) is 9.47. The Morgan fingerprint density at radius 3 is 1.64 bits per heavy atom. The molecule has 0 aromatic heterocycles. The second kappa shape index (κ2) is 10.3. The van der Waals surface area contributed by atoms with Crippen molar-refractivity contribution in [2.24, 2.45) is 11.5 Å². The van der Waals surface area contributed by atoms with Gasteiger partial charge in [-0.25, -0.2) is 0 Å². The summed E-state index contributed by atoms with van der Waals surface area (Å²) in [7, 11) is 0. The number of primary amides is 1. The molecule has 0 saturated carbocycles. The normalized spacial score (nSPS) is 9.79. The first-order valence-corrected chi connectivity index (χ1v) is 2.94. The largest absolute Gasteiger partial charge is 1.00 e. The minimum absolute atomic E-state index is 0. The third kappa shape index (κ3) is 22.5. The van der Waals surface area contributed by atoms with Gasteiger partial charge in [0.2, 0.25) is 0 Å². The summed E-state index contributed by atoms with van der Waals surface area (Å²) in [5.41, 5.74) is 8.75. The van der Waals surface area contributed by atoms with Crippen molar-refractivity contribution in [1.29, 1.82) is 0 Å². The predicted molar refractivity (Wildman–Crippen MR) is 37.4 cm³/mol. The van der Waals surface area contributed by atoms with Gasteiger partial charge in [-0.15, -0.1) is 0 Å². The summed E-state index contributed by atoms with van der Waals surface area (Å²) in [6, 6.07) is -1.29. The maximum absolute atomic E-state index is 9.85. The fourth-order valence-electron chi connectivity index (χ4n) is 0.275. The fourth-order valence-corrected chi connectivity index (χ4v) is 0.275. The van der Waals surface area contributed by atoms with Crippen LogP contribution in [0, 0.1) is 0 Å². The molecule has 0 aromatic carbocycles. The van der Waals surface area contributed by atoms with Gasteiger partial charge in [0.1, 0.15) is 12.1 Å². The second-order valence-corrected chi connectivity index (χ2v) is 1.86. The number of hydrogen-bond donors (Lipinski definition) is 4. The molecule has 0 saturated heterocycles. The number of amides is 1. The molecule has 0 fully saturated rings. The number of hydrogen-bond acceptors (Lipinski definition) is 5. The van der Waals surface area contributed by atoms with Crippen molar-refractivity contribution in [2.75, 3.05) is 0 Å². The Morgan fingerprint density at radius 2 is 1.57 bits per heavy atom. The number of carboxylic acid groups (broad SMARTS) is 3. The summed E-state index contributed by atoms with van der Waals surface area (Å²) < 4.78 is 0. The van der Waals surface area contributed by atoms with E-state index < -0.39 is 30.5 Å². The van der Waals surface area contributed by atoms with Crippen molar-refractivity contribution < 1.29 is 59.3 Å². The first kappa shape index (κ1) is 18.9. The summed E-state index contributed by atoms with van der Waals surface area (Å²) in [4.78, 5) is 28.3. The summed E-state index contributed by atoms with van der Waals surface area (Å²) in [5, 5.41) is 24.7. The van der Waals surface area contributed by atoms with Gasteiger partial charge in [-0.1, -0.05) is 0 Å². The molecule has 0 aromatic rings. The Morgan fingerprint density at radius 1 is 1.29 bits per heavy atom. The first-order chi connectivity index (χ1) is 5.77. The van der Waals surface area contributed by atoms with Gasteiger partial charge >= 0.3 is 41.5 Å². The molecule has 9 heteroatoms. The Kier molecular flexibility index (Phi) is 13.8. The molecule has 0 rings (SSSR count). The van der Waals surface area contributed by atoms with Crippen molar-refractivity contribution in [3.63, 3.8) is 0 Å². The number of carbonyl (C=O) groups is 3. The molecule has 1 amide bonds. The quantitative estimate of drug-likeness (QED) is 0.340. The van der Waals surface area contributed by atoms with E-state index in [1.165, 1.54) is 0 Å². The predicted octanol–water partition coefficient (Wildman–Crippen LogP) is -5.83. The average Bonchev–Trinajstić information content (AvgIpc) is 1.83. The van der Waals surface area contributed by atoms with E-state index in [4.69, 9.17) is 25.8 Å². The minimum Gasteiger partial charge on any atom is -0.530 e. The van der Waals surface area contributed by atoms with Gasteiger partial charge in [0.25, 0.3) is 0 Å². The Bertz CT molecular complexity index is 204. The molecule has 0 heterocycles. The first-order valence-electron chi connectivity index (χ1n) is 2.94. The van der Waals surface area contributed by atoms with Gasteiger partial charge in [-0.2, -0.15) is 0 Å². The van der Waals surface area contributed by atoms with E-state index in [2.05, 4.69) is 5.73 Å². The molecule has 0 aliphatic heterocycles. The van der Waals surface area contributed by atoms with Gasteiger partial charge in [0.05, 0.1) is 6.42 Å². The van der Waals surface area contributed by atoms with Crippen LogP contribution in [0.1, 0.15) is 6.42 Å². The SMILES string of the molecule is NC(=O)[O-].N[C@@H](CC(=O)O)C(=O)O.[Na+]. The van der Waals surface area contributed by atoms with Crippen molar-refractivity contribution in [2.45, 2.75) is 12.5 Å². The van der Waals surface area contributed by atoms with Crippen LogP contribution in [0.5, 0.6) is 0 Å². The van der Waals surface area contributed by atoms with Gasteiger partial charge in [-0.3, -0.25) is 9.59 Å². The Labute approximate surface area is 101 Å². The molecular weight excluding hydrogens is 207 g/mol. The molecule has 14 heavy (non-hydrogen) atoms. The Balaban J connectivity index is -0.000000209. The van der Waals surface area contributed by atoms with Gasteiger partial charge < -0.3 is 31.6 Å². The molecule has 8 nitrogen and oxygen atoms in total. The second-order valence-electron chi connectivity index (χ2n) is 1.86. The van der Waals surface area contributed by atoms with Crippen LogP contribution in [0.4, 0.5) is 4.79 Å². The van der Waals surface area contributed by atoms with Gasteiger partial charge in [0, 0.05) is 0 Å². The van der Waals surface area contributed by atoms with Crippen molar-refractivity contribution in [3.8, 4) is 0 Å². The van der Waals surface area contributed by atoms with Crippen molar-refractivity contribution >= 4 is 18.0 Å². The molecule has 0 aliphatic carbocycles. The summed E-state index contributed by atoms with van der Waals surface area (Å²) >= 11 is 0. The Hall–Kier alpha value is -0.830. The van der Waals surface area contributed by atoms with Crippen LogP contribution < -0.4 is 46.1 Å². The van der Waals surface area contributed by atoms with E-state index in [1.54, 1.807) is 0 Å². The van der Waals surface area contributed by atoms with Crippen LogP contribution in [0.3, 0.4) is 0 Å². The van der Waals surface area contributed by atoms with Crippen LogP contribution in [0.15, 0.2) is 0 Å². The standard InChI is InChI=1S/C4H7NO4.CH3NO2.Na/c5-2(4(8)9)1-3(6)7;2-1(3)4;/h2H,1,5H2,(H,6,7)(H,8,9);2H2,(H,3,4);/q;;+1/p-1/t2-;;/m0../s1. The molecule has 0 spiro atoms. The van der Waals surface area contributed by atoms with E-state index >= 15 is 0 Å². The molecule has 6 N–H and O–H groups in total. The average molecular weight is 216 g/mol. The number of carboxylic acids is 2. The number of rotatable bonds is 3.